The second-order valence-electron chi connectivity index (χ2n) is 7.28. The standard InChI is InChI=1S/C25H19FN2O3S/c1-16-2-4-18(5-3-16)15-31-21-12-6-17(7-13-21)14-22-23(29)27-25(32)28(24(22)30)20-10-8-19(26)9-11-20/h2-14H,15H2,1H3,(H,27,29,32). The molecule has 0 radical (unpaired) electrons. The third-order valence-electron chi connectivity index (χ3n) is 4.90. The Kier molecular flexibility index (Phi) is 6.09. The van der Waals surface area contributed by atoms with Gasteiger partial charge in [-0.2, -0.15) is 0 Å². The fourth-order valence-corrected chi connectivity index (χ4v) is 3.44. The average Bonchev–Trinajstić information content (AvgIpc) is 2.78. The Bertz CT molecular complexity index is 1200. The van der Waals surface area contributed by atoms with E-state index in [4.69, 9.17) is 17.0 Å². The lowest BCUT2D eigenvalue weighted by Crippen LogP contribution is -2.54. The lowest BCUT2D eigenvalue weighted by Gasteiger charge is -2.28. The summed E-state index contributed by atoms with van der Waals surface area (Å²) in [6.07, 6.45) is 1.49. The minimum atomic E-state index is -0.585. The molecule has 1 aliphatic rings. The summed E-state index contributed by atoms with van der Waals surface area (Å²) in [5.41, 5.74) is 3.19. The molecule has 4 rings (SSSR count). The van der Waals surface area contributed by atoms with Gasteiger partial charge in [0.05, 0.1) is 5.69 Å². The van der Waals surface area contributed by atoms with Crippen LogP contribution in [-0.2, 0) is 16.2 Å². The number of anilines is 1. The van der Waals surface area contributed by atoms with Crippen molar-refractivity contribution in [2.24, 2.45) is 0 Å². The maximum Gasteiger partial charge on any atom is 0.270 e. The highest BCUT2D eigenvalue weighted by molar-refractivity contribution is 7.80. The zero-order valence-corrected chi connectivity index (χ0v) is 18.0. The molecule has 0 saturated carbocycles. The van der Waals surface area contributed by atoms with Crippen molar-refractivity contribution in [2.75, 3.05) is 4.90 Å². The largest absolute Gasteiger partial charge is 0.489 e. The van der Waals surface area contributed by atoms with Gasteiger partial charge in [-0.3, -0.25) is 19.8 Å². The molecule has 0 bridgehead atoms. The van der Waals surface area contributed by atoms with Crippen LogP contribution in [0.15, 0.2) is 78.4 Å². The lowest BCUT2D eigenvalue weighted by molar-refractivity contribution is -0.122. The molecule has 2 amide bonds. The van der Waals surface area contributed by atoms with Gasteiger partial charge in [-0.1, -0.05) is 42.0 Å². The highest BCUT2D eigenvalue weighted by Gasteiger charge is 2.34. The van der Waals surface area contributed by atoms with Gasteiger partial charge in [0, 0.05) is 0 Å². The second-order valence-corrected chi connectivity index (χ2v) is 7.66. The van der Waals surface area contributed by atoms with Crippen LogP contribution < -0.4 is 15.0 Å². The van der Waals surface area contributed by atoms with E-state index < -0.39 is 17.6 Å². The number of benzene rings is 3. The normalized spacial score (nSPS) is 15.1. The lowest BCUT2D eigenvalue weighted by atomic mass is 10.1. The number of nitrogens with one attached hydrogen (secondary N) is 1. The first-order chi connectivity index (χ1) is 15.4. The predicted molar refractivity (Wildman–Crippen MR) is 125 cm³/mol. The number of carbonyl (C=O) groups excluding carboxylic acids is 2. The molecule has 3 aromatic rings. The summed E-state index contributed by atoms with van der Waals surface area (Å²) in [5.74, 6) is -0.932. The SMILES string of the molecule is Cc1ccc(COc2ccc(C=C3C(=O)NC(=S)N(c4ccc(F)cc4)C3=O)cc2)cc1. The van der Waals surface area contributed by atoms with Crippen LogP contribution in [0, 0.1) is 12.7 Å². The summed E-state index contributed by atoms with van der Waals surface area (Å²) in [4.78, 5) is 26.5. The summed E-state index contributed by atoms with van der Waals surface area (Å²) >= 11 is 5.14. The van der Waals surface area contributed by atoms with Crippen molar-refractivity contribution in [3.05, 3.63) is 101 Å². The van der Waals surface area contributed by atoms with Crippen molar-refractivity contribution in [3.8, 4) is 5.75 Å². The van der Waals surface area contributed by atoms with Crippen LogP contribution in [0.2, 0.25) is 0 Å². The van der Waals surface area contributed by atoms with E-state index in [1.54, 1.807) is 24.3 Å². The smallest absolute Gasteiger partial charge is 0.270 e. The third-order valence-corrected chi connectivity index (χ3v) is 5.19. The van der Waals surface area contributed by atoms with Crippen molar-refractivity contribution >= 4 is 40.9 Å². The number of carbonyl (C=O) groups is 2. The van der Waals surface area contributed by atoms with Crippen LogP contribution in [0.25, 0.3) is 6.08 Å². The molecule has 0 aliphatic carbocycles. The summed E-state index contributed by atoms with van der Waals surface area (Å²) < 4.78 is 19.0. The summed E-state index contributed by atoms with van der Waals surface area (Å²) in [7, 11) is 0. The van der Waals surface area contributed by atoms with E-state index in [1.165, 1.54) is 40.8 Å². The van der Waals surface area contributed by atoms with Crippen LogP contribution in [0.1, 0.15) is 16.7 Å². The van der Waals surface area contributed by atoms with Gasteiger partial charge in [0.2, 0.25) is 0 Å². The Hall–Kier alpha value is -3.84. The summed E-state index contributed by atoms with van der Waals surface area (Å²) in [6, 6.07) is 20.4. The van der Waals surface area contributed by atoms with Gasteiger partial charge in [-0.15, -0.1) is 0 Å². The first-order valence-corrected chi connectivity index (χ1v) is 10.3. The topological polar surface area (TPSA) is 58.6 Å². The zero-order chi connectivity index (χ0) is 22.7. The van der Waals surface area contributed by atoms with Crippen LogP contribution in [0.3, 0.4) is 0 Å². The van der Waals surface area contributed by atoms with Crippen LogP contribution in [-0.4, -0.2) is 16.9 Å². The number of ether oxygens (including phenoxy) is 1. The van der Waals surface area contributed by atoms with Gasteiger partial charge in [0.25, 0.3) is 11.8 Å². The van der Waals surface area contributed by atoms with Gasteiger partial charge in [0.1, 0.15) is 23.7 Å². The molecule has 160 valence electrons. The molecule has 0 aromatic heterocycles. The molecule has 7 heteroatoms. The van der Waals surface area contributed by atoms with Gasteiger partial charge < -0.3 is 4.74 Å². The number of hydrogen-bond acceptors (Lipinski definition) is 4. The fraction of sp³-hybridized carbons (Fsp3) is 0.0800. The highest BCUT2D eigenvalue weighted by atomic mass is 32.1. The number of nitrogens with zero attached hydrogens (tertiary/aromatic N) is 1. The quantitative estimate of drug-likeness (QED) is 0.355. The molecule has 0 atom stereocenters. The maximum absolute atomic E-state index is 13.2. The van der Waals surface area contributed by atoms with E-state index in [9.17, 15) is 14.0 Å². The number of amides is 2. The van der Waals surface area contributed by atoms with Gasteiger partial charge in [-0.05, 0) is 72.7 Å². The Labute approximate surface area is 190 Å². The second kappa shape index (κ2) is 9.11. The first-order valence-electron chi connectivity index (χ1n) is 9.86. The maximum atomic E-state index is 13.2. The minimum Gasteiger partial charge on any atom is -0.489 e. The third kappa shape index (κ3) is 4.73. The first kappa shape index (κ1) is 21.4. The van der Waals surface area contributed by atoms with Crippen molar-refractivity contribution in [2.45, 2.75) is 13.5 Å². The van der Waals surface area contributed by atoms with E-state index in [0.717, 1.165) is 5.56 Å². The average molecular weight is 447 g/mol. The molecule has 0 unspecified atom stereocenters. The van der Waals surface area contributed by atoms with E-state index in [-0.39, 0.29) is 10.7 Å². The number of halogens is 1. The number of thiocarbonyl (C=S) groups is 1. The van der Waals surface area contributed by atoms with E-state index >= 15 is 0 Å². The van der Waals surface area contributed by atoms with Crippen molar-refractivity contribution < 1.29 is 18.7 Å². The van der Waals surface area contributed by atoms with Gasteiger partial charge >= 0.3 is 0 Å². The summed E-state index contributed by atoms with van der Waals surface area (Å²) in [5, 5.41) is 2.46. The van der Waals surface area contributed by atoms with Crippen molar-refractivity contribution in [1.82, 2.24) is 5.32 Å². The molecular weight excluding hydrogens is 427 g/mol. The Morgan fingerprint density at radius 1 is 0.969 bits per heavy atom. The van der Waals surface area contributed by atoms with E-state index in [2.05, 4.69) is 5.32 Å². The van der Waals surface area contributed by atoms with Crippen LogP contribution in [0.5, 0.6) is 5.75 Å². The monoisotopic (exact) mass is 446 g/mol. The van der Waals surface area contributed by atoms with Crippen molar-refractivity contribution in [1.29, 1.82) is 0 Å². The number of hydrogen-bond donors (Lipinski definition) is 1. The summed E-state index contributed by atoms with van der Waals surface area (Å²) in [6.45, 7) is 2.47. The molecule has 1 saturated heterocycles. The molecule has 3 aromatic carbocycles. The molecule has 1 aliphatic heterocycles. The van der Waals surface area contributed by atoms with Crippen LogP contribution in [0.4, 0.5) is 10.1 Å². The molecular formula is C25H19FN2O3S. The number of aryl methyl sites for hydroxylation is 1. The minimum absolute atomic E-state index is 0.0522. The van der Waals surface area contributed by atoms with E-state index in [0.29, 0.717) is 23.6 Å². The fourth-order valence-electron chi connectivity index (χ4n) is 3.16. The molecule has 5 nitrogen and oxygen atoms in total. The molecule has 1 heterocycles. The Morgan fingerprint density at radius 3 is 2.28 bits per heavy atom. The molecule has 32 heavy (non-hydrogen) atoms. The Balaban J connectivity index is 1.50. The van der Waals surface area contributed by atoms with Crippen LogP contribution >= 0.6 is 12.2 Å². The number of rotatable bonds is 5. The molecule has 0 spiro atoms. The Morgan fingerprint density at radius 2 is 1.62 bits per heavy atom. The predicted octanol–water partition coefficient (Wildman–Crippen LogP) is 4.54. The zero-order valence-electron chi connectivity index (χ0n) is 17.2. The highest BCUT2D eigenvalue weighted by Crippen LogP contribution is 2.23. The van der Waals surface area contributed by atoms with Gasteiger partial charge in [0.15, 0.2) is 5.11 Å². The van der Waals surface area contributed by atoms with Gasteiger partial charge in [-0.25, -0.2) is 4.39 Å². The molecule has 1 fully saturated rings. The van der Waals surface area contributed by atoms with E-state index in [1.807, 2.05) is 31.2 Å². The molecule has 1 N–H and O–H groups in total. The van der Waals surface area contributed by atoms with Crippen molar-refractivity contribution in [3.63, 3.8) is 0 Å².